The third kappa shape index (κ3) is 3.64. The number of aromatic nitrogens is 3. The Morgan fingerprint density at radius 2 is 1.73 bits per heavy atom. The minimum absolute atomic E-state index is 0.207. The van der Waals surface area contributed by atoms with E-state index in [9.17, 15) is 9.59 Å². The van der Waals surface area contributed by atoms with Crippen LogP contribution in [0.15, 0.2) is 65.5 Å². The molecule has 2 heterocycles. The summed E-state index contributed by atoms with van der Waals surface area (Å²) < 4.78 is 3.51. The van der Waals surface area contributed by atoms with Crippen molar-refractivity contribution in [3.63, 3.8) is 0 Å². The topological polar surface area (TPSA) is 68.9 Å². The lowest BCUT2D eigenvalue weighted by Gasteiger charge is -2.11. The normalized spacial score (nSPS) is 11.0. The largest absolute Gasteiger partial charge is 0.348 e. The summed E-state index contributed by atoms with van der Waals surface area (Å²) in [4.78, 5) is 25.2. The van der Waals surface area contributed by atoms with Crippen LogP contribution in [0.25, 0.3) is 10.9 Å². The van der Waals surface area contributed by atoms with E-state index < -0.39 is 0 Å². The van der Waals surface area contributed by atoms with Crippen LogP contribution in [0.2, 0.25) is 0 Å². The zero-order chi connectivity index (χ0) is 21.3. The molecule has 2 aromatic heterocycles. The van der Waals surface area contributed by atoms with Crippen molar-refractivity contribution in [2.24, 2.45) is 7.05 Å². The molecule has 6 nitrogen and oxygen atoms in total. The van der Waals surface area contributed by atoms with Crippen LogP contribution in [0.4, 0.5) is 0 Å². The minimum atomic E-state index is -0.265. The van der Waals surface area contributed by atoms with Gasteiger partial charge in [-0.1, -0.05) is 48.5 Å². The first-order valence-electron chi connectivity index (χ1n) is 9.89. The van der Waals surface area contributed by atoms with Gasteiger partial charge in [0.05, 0.1) is 23.3 Å². The number of para-hydroxylation sites is 1. The Labute approximate surface area is 174 Å². The van der Waals surface area contributed by atoms with Crippen LogP contribution >= 0.6 is 0 Å². The van der Waals surface area contributed by atoms with Gasteiger partial charge >= 0.3 is 0 Å². The molecule has 0 fully saturated rings. The van der Waals surface area contributed by atoms with Gasteiger partial charge in [0, 0.05) is 36.3 Å². The zero-order valence-corrected chi connectivity index (χ0v) is 17.3. The van der Waals surface area contributed by atoms with E-state index in [2.05, 4.69) is 22.5 Å². The van der Waals surface area contributed by atoms with Gasteiger partial charge in [-0.15, -0.1) is 0 Å². The number of rotatable bonds is 5. The molecule has 4 aromatic rings. The summed E-state index contributed by atoms with van der Waals surface area (Å²) in [6.07, 6.45) is 0. The standard InChI is InChI=1S/C24H24N4O2/c1-16-21(17(2)28(26-16)15-18-9-5-4-6-10-18)14-25-24(30)20-13-23(29)27(3)22-12-8-7-11-19(20)22/h4-13H,14-15H2,1-3H3,(H,25,30). The van der Waals surface area contributed by atoms with E-state index in [1.807, 2.05) is 61.0 Å². The first-order valence-corrected chi connectivity index (χ1v) is 9.89. The fraction of sp³-hybridized carbons (Fsp3) is 0.208. The van der Waals surface area contributed by atoms with Gasteiger partial charge in [-0.3, -0.25) is 14.3 Å². The second-order valence-electron chi connectivity index (χ2n) is 7.45. The molecule has 0 aliphatic heterocycles. The van der Waals surface area contributed by atoms with Crippen LogP contribution in [0.3, 0.4) is 0 Å². The third-order valence-corrected chi connectivity index (χ3v) is 5.53. The van der Waals surface area contributed by atoms with Crippen molar-refractivity contribution in [3.05, 3.63) is 99.1 Å². The van der Waals surface area contributed by atoms with Gasteiger partial charge < -0.3 is 9.88 Å². The molecule has 0 aliphatic rings. The number of aryl methyl sites for hydroxylation is 2. The van der Waals surface area contributed by atoms with Gasteiger partial charge in [0.2, 0.25) is 0 Å². The first kappa shape index (κ1) is 19.6. The molecule has 0 saturated carbocycles. The van der Waals surface area contributed by atoms with Gasteiger partial charge in [0.25, 0.3) is 11.5 Å². The summed E-state index contributed by atoms with van der Waals surface area (Å²) >= 11 is 0. The molecule has 152 valence electrons. The lowest BCUT2D eigenvalue weighted by molar-refractivity contribution is 0.0952. The maximum atomic E-state index is 12.9. The fourth-order valence-corrected chi connectivity index (χ4v) is 3.76. The molecule has 0 bridgehead atoms. The molecule has 2 aromatic carbocycles. The van der Waals surface area contributed by atoms with Gasteiger partial charge in [0.1, 0.15) is 0 Å². The molecule has 1 N–H and O–H groups in total. The SMILES string of the molecule is Cc1nn(Cc2ccccc2)c(C)c1CNC(=O)c1cc(=O)n(C)c2ccccc12. The average molecular weight is 400 g/mol. The van der Waals surface area contributed by atoms with Crippen LogP contribution in [-0.4, -0.2) is 20.3 Å². The summed E-state index contributed by atoms with van der Waals surface area (Å²) in [7, 11) is 1.71. The van der Waals surface area contributed by atoms with Crippen LogP contribution in [-0.2, 0) is 20.1 Å². The summed E-state index contributed by atoms with van der Waals surface area (Å²) in [6, 6.07) is 19.0. The predicted molar refractivity (Wildman–Crippen MR) is 118 cm³/mol. The highest BCUT2D eigenvalue weighted by atomic mass is 16.2. The molecule has 4 rings (SSSR count). The molecular formula is C24H24N4O2. The molecule has 6 heteroatoms. The van der Waals surface area contributed by atoms with Crippen molar-refractivity contribution >= 4 is 16.8 Å². The Bertz CT molecular complexity index is 1290. The van der Waals surface area contributed by atoms with Crippen LogP contribution < -0.4 is 10.9 Å². The number of nitrogens with zero attached hydrogens (tertiary/aromatic N) is 3. The minimum Gasteiger partial charge on any atom is -0.348 e. The second-order valence-corrected chi connectivity index (χ2v) is 7.45. The van der Waals surface area contributed by atoms with Crippen molar-refractivity contribution in [1.29, 1.82) is 0 Å². The molecule has 0 unspecified atom stereocenters. The van der Waals surface area contributed by atoms with Gasteiger partial charge in [-0.25, -0.2) is 0 Å². The molecular weight excluding hydrogens is 376 g/mol. The summed E-state index contributed by atoms with van der Waals surface area (Å²) in [6.45, 7) is 5.00. The average Bonchev–Trinajstić information content (AvgIpc) is 3.02. The quantitative estimate of drug-likeness (QED) is 0.559. The van der Waals surface area contributed by atoms with Gasteiger partial charge in [0.15, 0.2) is 0 Å². The lowest BCUT2D eigenvalue weighted by Crippen LogP contribution is -2.27. The molecule has 0 saturated heterocycles. The maximum absolute atomic E-state index is 12.9. The van der Waals surface area contributed by atoms with Gasteiger partial charge in [-0.05, 0) is 25.5 Å². The van der Waals surface area contributed by atoms with Crippen molar-refractivity contribution in [1.82, 2.24) is 19.7 Å². The molecule has 0 atom stereocenters. The zero-order valence-electron chi connectivity index (χ0n) is 17.3. The molecule has 30 heavy (non-hydrogen) atoms. The van der Waals surface area contributed by atoms with E-state index in [-0.39, 0.29) is 11.5 Å². The number of benzene rings is 2. The lowest BCUT2D eigenvalue weighted by atomic mass is 10.1. The highest BCUT2D eigenvalue weighted by Gasteiger charge is 2.16. The Morgan fingerprint density at radius 1 is 1.03 bits per heavy atom. The summed E-state index contributed by atoms with van der Waals surface area (Å²) in [5.41, 5.74) is 4.99. The van der Waals surface area contributed by atoms with E-state index in [1.165, 1.54) is 11.6 Å². The highest BCUT2D eigenvalue weighted by Crippen LogP contribution is 2.18. The van der Waals surface area contributed by atoms with E-state index in [4.69, 9.17) is 0 Å². The Morgan fingerprint density at radius 3 is 2.50 bits per heavy atom. The van der Waals surface area contributed by atoms with Crippen molar-refractivity contribution in [2.75, 3.05) is 0 Å². The third-order valence-electron chi connectivity index (χ3n) is 5.53. The van der Waals surface area contributed by atoms with Crippen LogP contribution in [0, 0.1) is 13.8 Å². The summed E-state index contributed by atoms with van der Waals surface area (Å²) in [5, 5.41) is 8.37. The number of fused-ring (bicyclic) bond motifs is 1. The van der Waals surface area contributed by atoms with E-state index in [0.717, 1.165) is 27.9 Å². The molecule has 0 radical (unpaired) electrons. The van der Waals surface area contributed by atoms with Crippen molar-refractivity contribution < 1.29 is 4.79 Å². The smallest absolute Gasteiger partial charge is 0.252 e. The number of amides is 1. The van der Waals surface area contributed by atoms with E-state index >= 15 is 0 Å². The maximum Gasteiger partial charge on any atom is 0.252 e. The number of nitrogens with one attached hydrogen (secondary N) is 1. The highest BCUT2D eigenvalue weighted by molar-refractivity contribution is 6.06. The number of hydrogen-bond acceptors (Lipinski definition) is 3. The van der Waals surface area contributed by atoms with E-state index in [0.29, 0.717) is 18.7 Å². The Balaban J connectivity index is 1.57. The number of carbonyl (C=O) groups excluding carboxylic acids is 1. The monoisotopic (exact) mass is 400 g/mol. The van der Waals surface area contributed by atoms with Crippen LogP contribution in [0.5, 0.6) is 0 Å². The van der Waals surface area contributed by atoms with Crippen LogP contribution in [0.1, 0.15) is 32.9 Å². The molecule has 0 aliphatic carbocycles. The fourth-order valence-electron chi connectivity index (χ4n) is 3.76. The summed E-state index contributed by atoms with van der Waals surface area (Å²) in [5.74, 6) is -0.265. The number of pyridine rings is 1. The Kier molecular flexibility index (Phi) is 5.23. The number of carbonyl (C=O) groups is 1. The number of hydrogen-bond donors (Lipinski definition) is 1. The predicted octanol–water partition coefficient (Wildman–Crippen LogP) is 3.33. The second kappa shape index (κ2) is 7.99. The van der Waals surface area contributed by atoms with E-state index in [1.54, 1.807) is 11.6 Å². The Hall–Kier alpha value is -3.67. The van der Waals surface area contributed by atoms with Crippen molar-refractivity contribution in [3.8, 4) is 0 Å². The molecule has 0 spiro atoms. The molecule has 1 amide bonds. The first-order chi connectivity index (χ1) is 14.5. The van der Waals surface area contributed by atoms with Gasteiger partial charge in [-0.2, -0.15) is 5.10 Å². The van der Waals surface area contributed by atoms with Crippen molar-refractivity contribution in [2.45, 2.75) is 26.9 Å².